The minimum Gasteiger partial charge on any atom is -0.276 e. The van der Waals surface area contributed by atoms with Gasteiger partial charge in [-0.25, -0.2) is 0 Å². The highest BCUT2D eigenvalue weighted by Crippen LogP contribution is 2.59. The van der Waals surface area contributed by atoms with Gasteiger partial charge in [0.2, 0.25) is 0 Å². The van der Waals surface area contributed by atoms with Crippen molar-refractivity contribution >= 4 is 5.69 Å². The molecule has 15 heteroatoms. The Balaban J connectivity index is 4.13. The molecule has 0 amide bonds. The molecule has 0 aliphatic heterocycles. The zero-order valence-electron chi connectivity index (χ0n) is 13.0. The van der Waals surface area contributed by atoms with Crippen molar-refractivity contribution in [2.24, 2.45) is 0 Å². The van der Waals surface area contributed by atoms with E-state index in [4.69, 9.17) is 0 Å². The molecule has 0 bridgehead atoms. The van der Waals surface area contributed by atoms with Crippen LogP contribution in [0.3, 0.4) is 0 Å². The fraction of sp³-hybridized carbons (Fsp3) is 0.538. The van der Waals surface area contributed by atoms with Crippen LogP contribution in [0.5, 0.6) is 0 Å². The maximum atomic E-state index is 14.2. The van der Waals surface area contributed by atoms with E-state index in [1.165, 1.54) is 0 Å². The quantitative estimate of drug-likeness (QED) is 0.387. The van der Waals surface area contributed by atoms with Crippen molar-refractivity contribution in [2.45, 2.75) is 43.2 Å². The maximum Gasteiger partial charge on any atom is 0.451 e. The molecular formula is C13H7F14N. The average molecular weight is 443 g/mol. The first-order chi connectivity index (χ1) is 12.1. The predicted octanol–water partition coefficient (Wildman–Crippen LogP) is 6.38. The Bertz CT molecular complexity index is 612. The van der Waals surface area contributed by atoms with Gasteiger partial charge in [-0.1, -0.05) is 17.7 Å². The molecule has 0 radical (unpaired) electrons. The highest BCUT2D eigenvalue weighted by molar-refractivity contribution is 5.54. The summed E-state index contributed by atoms with van der Waals surface area (Å²) in [4.78, 5) is -3.03. The van der Waals surface area contributed by atoms with Crippen LogP contribution < -0.4 is 4.90 Å². The van der Waals surface area contributed by atoms with E-state index in [1.54, 1.807) is 0 Å². The largest absolute Gasteiger partial charge is 0.451 e. The summed E-state index contributed by atoms with van der Waals surface area (Å²) in [5.74, 6) is -14.8. The van der Waals surface area contributed by atoms with Gasteiger partial charge in [-0.2, -0.15) is 61.5 Å². The Morgan fingerprint density at radius 1 is 0.500 bits per heavy atom. The van der Waals surface area contributed by atoms with Crippen molar-refractivity contribution in [1.29, 1.82) is 0 Å². The molecule has 162 valence electrons. The van der Waals surface area contributed by atoms with Crippen molar-refractivity contribution < 1.29 is 61.5 Å². The second-order valence-electron chi connectivity index (χ2n) is 5.41. The van der Waals surface area contributed by atoms with E-state index >= 15 is 0 Å². The Morgan fingerprint density at radius 3 is 0.964 bits per heavy atom. The third-order valence-corrected chi connectivity index (χ3v) is 3.41. The van der Waals surface area contributed by atoms with E-state index in [-0.39, 0.29) is 17.7 Å². The molecule has 0 saturated heterocycles. The van der Waals surface area contributed by atoms with Gasteiger partial charge >= 0.3 is 36.3 Å². The summed E-state index contributed by atoms with van der Waals surface area (Å²) in [6.45, 7) is 1.10. The van der Waals surface area contributed by atoms with Crippen molar-refractivity contribution in [1.82, 2.24) is 0 Å². The third-order valence-electron chi connectivity index (χ3n) is 3.41. The highest BCUT2D eigenvalue weighted by Gasteiger charge is 2.87. The van der Waals surface area contributed by atoms with Gasteiger partial charge in [0.05, 0.1) is 0 Å². The van der Waals surface area contributed by atoms with Crippen LogP contribution >= 0.6 is 0 Å². The SMILES string of the molecule is Cc1ccc(N(C(F)(C(F)(F)F)C(F)(F)F)C(F)(C(F)(F)F)C(F)(F)F)cc1. The molecule has 0 N–H and O–H groups in total. The molecule has 0 heterocycles. The fourth-order valence-corrected chi connectivity index (χ4v) is 2.09. The van der Waals surface area contributed by atoms with Crippen molar-refractivity contribution in [3.8, 4) is 0 Å². The normalized spacial score (nSPS) is 15.0. The van der Waals surface area contributed by atoms with Gasteiger partial charge in [0, 0.05) is 5.69 Å². The lowest BCUT2D eigenvalue weighted by Gasteiger charge is -2.48. The standard InChI is InChI=1S/C13H7F14N/c1-6-2-4-7(5-3-6)28(8(14,10(16,17)18)11(19,20)21)9(15,12(22,23)24)13(25,26)27/h2-5H,1H3. The Labute approximate surface area is 146 Å². The first-order valence-electron chi connectivity index (χ1n) is 6.64. The minimum atomic E-state index is -7.45. The first kappa shape index (κ1) is 24.1. The lowest BCUT2D eigenvalue weighted by Crippen LogP contribution is -2.77. The summed E-state index contributed by atoms with van der Waals surface area (Å²) >= 11 is 0. The van der Waals surface area contributed by atoms with E-state index in [0.29, 0.717) is 12.1 Å². The number of hydrogen-bond donors (Lipinski definition) is 0. The molecule has 0 fully saturated rings. The predicted molar refractivity (Wildman–Crippen MR) is 65.6 cm³/mol. The smallest absolute Gasteiger partial charge is 0.276 e. The molecule has 1 aromatic rings. The van der Waals surface area contributed by atoms with E-state index in [1.807, 2.05) is 0 Å². The molecule has 0 aromatic heterocycles. The minimum absolute atomic E-state index is 0.0596. The highest BCUT2D eigenvalue weighted by atomic mass is 19.4. The second-order valence-corrected chi connectivity index (χ2v) is 5.41. The fourth-order valence-electron chi connectivity index (χ4n) is 2.09. The van der Waals surface area contributed by atoms with Crippen molar-refractivity contribution in [3.63, 3.8) is 0 Å². The Kier molecular flexibility index (Phi) is 5.62. The molecule has 0 aliphatic carbocycles. The summed E-state index contributed by atoms with van der Waals surface area (Å²) in [5.41, 5.74) is -2.37. The van der Waals surface area contributed by atoms with Crippen LogP contribution in [0.2, 0.25) is 0 Å². The Hall–Kier alpha value is -1.96. The van der Waals surface area contributed by atoms with E-state index in [9.17, 15) is 61.5 Å². The van der Waals surface area contributed by atoms with Gasteiger partial charge < -0.3 is 0 Å². The van der Waals surface area contributed by atoms with Gasteiger partial charge in [-0.15, -0.1) is 0 Å². The van der Waals surface area contributed by atoms with Crippen LogP contribution in [0.1, 0.15) is 5.56 Å². The number of hydrogen-bond acceptors (Lipinski definition) is 1. The summed E-state index contributed by atoms with van der Waals surface area (Å²) in [5, 5.41) is 0. The number of alkyl halides is 14. The van der Waals surface area contributed by atoms with Crippen molar-refractivity contribution in [2.75, 3.05) is 4.90 Å². The molecule has 0 aliphatic rings. The molecule has 1 nitrogen and oxygen atoms in total. The average Bonchev–Trinajstić information content (AvgIpc) is 2.44. The van der Waals surface area contributed by atoms with Gasteiger partial charge in [0.15, 0.2) is 0 Å². The number of anilines is 1. The summed E-state index contributed by atoms with van der Waals surface area (Å²) in [6.07, 6.45) is -29.8. The lowest BCUT2D eigenvalue weighted by atomic mass is 10.0. The van der Waals surface area contributed by atoms with Gasteiger partial charge in [0.25, 0.3) is 0 Å². The summed E-state index contributed by atoms with van der Waals surface area (Å²) in [7, 11) is 0. The Morgan fingerprint density at radius 2 is 0.750 bits per heavy atom. The van der Waals surface area contributed by atoms with Crippen LogP contribution in [0.25, 0.3) is 0 Å². The molecule has 0 unspecified atom stereocenters. The number of rotatable bonds is 3. The molecule has 0 saturated carbocycles. The number of halogens is 14. The number of nitrogens with zero attached hydrogens (tertiary/aromatic N) is 1. The van der Waals surface area contributed by atoms with Gasteiger partial charge in [0.1, 0.15) is 0 Å². The maximum absolute atomic E-state index is 14.2. The zero-order valence-corrected chi connectivity index (χ0v) is 13.0. The van der Waals surface area contributed by atoms with Gasteiger partial charge in [-0.3, -0.25) is 4.90 Å². The number of aryl methyl sites for hydroxylation is 1. The first-order valence-corrected chi connectivity index (χ1v) is 6.64. The van der Waals surface area contributed by atoms with Gasteiger partial charge in [-0.05, 0) is 19.1 Å². The summed E-state index contributed by atoms with van der Waals surface area (Å²) < 4.78 is 183. The van der Waals surface area contributed by atoms with Crippen LogP contribution in [-0.4, -0.2) is 36.3 Å². The molecule has 0 spiro atoms. The van der Waals surface area contributed by atoms with E-state index in [2.05, 4.69) is 0 Å². The summed E-state index contributed by atoms with van der Waals surface area (Å²) in [6, 6.07) is 0.630. The lowest BCUT2D eigenvalue weighted by molar-refractivity contribution is -0.389. The molecule has 0 atom stereocenters. The molecule has 28 heavy (non-hydrogen) atoms. The number of benzene rings is 1. The topological polar surface area (TPSA) is 3.24 Å². The van der Waals surface area contributed by atoms with E-state index < -0.39 is 46.9 Å². The van der Waals surface area contributed by atoms with E-state index in [0.717, 1.165) is 6.92 Å². The zero-order chi connectivity index (χ0) is 22.6. The van der Waals surface area contributed by atoms with Crippen molar-refractivity contribution in [3.05, 3.63) is 29.8 Å². The van der Waals surface area contributed by atoms with Crippen LogP contribution in [0.15, 0.2) is 24.3 Å². The third kappa shape index (κ3) is 3.54. The second kappa shape index (κ2) is 6.54. The molecule has 1 aromatic carbocycles. The van der Waals surface area contributed by atoms with Crippen LogP contribution in [-0.2, 0) is 0 Å². The monoisotopic (exact) mass is 443 g/mol. The molecule has 1 rings (SSSR count). The molecular weight excluding hydrogens is 436 g/mol. The van der Waals surface area contributed by atoms with Crippen LogP contribution in [0, 0.1) is 6.92 Å². The van der Waals surface area contributed by atoms with Crippen LogP contribution in [0.4, 0.5) is 67.2 Å².